The second-order valence-electron chi connectivity index (χ2n) is 6.62. The fourth-order valence-corrected chi connectivity index (χ4v) is 2.97. The number of likely N-dealkylation sites (N-methyl/N-ethyl adjacent to an activating group) is 1. The molecule has 0 aliphatic carbocycles. The fraction of sp³-hybridized carbons (Fsp3) is 0.474. The number of hydrogen-bond acceptors (Lipinski definition) is 5. The van der Waals surface area contributed by atoms with Gasteiger partial charge in [-0.05, 0) is 12.8 Å². The number of hydrogen-bond donors (Lipinski definition) is 1. The quantitative estimate of drug-likeness (QED) is 0.575. The van der Waals surface area contributed by atoms with Crippen LogP contribution in [0, 0.1) is 0 Å². The molecule has 8 nitrogen and oxygen atoms in total. The first kappa shape index (κ1) is 20.4. The van der Waals surface area contributed by atoms with Crippen molar-refractivity contribution in [3.05, 3.63) is 35.9 Å². The van der Waals surface area contributed by atoms with E-state index in [1.165, 1.54) is 4.90 Å². The molecule has 146 valence electrons. The summed E-state index contributed by atoms with van der Waals surface area (Å²) in [6.45, 7) is 3.05. The van der Waals surface area contributed by atoms with Gasteiger partial charge in [0.1, 0.15) is 12.1 Å². The zero-order valence-electron chi connectivity index (χ0n) is 16.0. The van der Waals surface area contributed by atoms with Gasteiger partial charge in [0.05, 0.1) is 0 Å². The van der Waals surface area contributed by atoms with Gasteiger partial charge in [0.15, 0.2) is 0 Å². The minimum absolute atomic E-state index is 0.414. The van der Waals surface area contributed by atoms with E-state index in [0.717, 1.165) is 4.90 Å². The SMILES string of the molecule is CCC1(CC)NC(=O)N(CC(=O)O[C@@H](C(=O)N(C)C)c2ccccc2)C1=O. The third kappa shape index (κ3) is 4.10. The molecule has 27 heavy (non-hydrogen) atoms. The summed E-state index contributed by atoms with van der Waals surface area (Å²) in [7, 11) is 3.11. The first-order valence-corrected chi connectivity index (χ1v) is 8.85. The van der Waals surface area contributed by atoms with Crippen molar-refractivity contribution >= 4 is 23.8 Å². The van der Waals surface area contributed by atoms with Gasteiger partial charge in [-0.2, -0.15) is 0 Å². The van der Waals surface area contributed by atoms with Crippen LogP contribution in [-0.4, -0.2) is 59.8 Å². The molecule has 1 aliphatic heterocycles. The predicted molar refractivity (Wildman–Crippen MR) is 97.5 cm³/mol. The number of esters is 1. The molecule has 1 aliphatic rings. The lowest BCUT2D eigenvalue weighted by Crippen LogP contribution is -2.46. The molecule has 1 aromatic rings. The molecule has 1 heterocycles. The maximum atomic E-state index is 12.6. The minimum Gasteiger partial charge on any atom is -0.446 e. The summed E-state index contributed by atoms with van der Waals surface area (Å²) in [5, 5.41) is 2.65. The summed E-state index contributed by atoms with van der Waals surface area (Å²) in [4.78, 5) is 51.8. The van der Waals surface area contributed by atoms with Gasteiger partial charge in [0.2, 0.25) is 6.10 Å². The zero-order chi connectivity index (χ0) is 20.2. The number of nitrogens with one attached hydrogen (secondary N) is 1. The molecule has 0 saturated carbocycles. The number of rotatable bonds is 7. The van der Waals surface area contributed by atoms with Crippen LogP contribution in [0.25, 0.3) is 0 Å². The number of benzene rings is 1. The fourth-order valence-electron chi connectivity index (χ4n) is 2.97. The Hall–Kier alpha value is -2.90. The average molecular weight is 375 g/mol. The van der Waals surface area contributed by atoms with Crippen LogP contribution in [0.4, 0.5) is 4.79 Å². The van der Waals surface area contributed by atoms with Gasteiger partial charge in [-0.1, -0.05) is 44.2 Å². The van der Waals surface area contributed by atoms with Crippen molar-refractivity contribution in [2.75, 3.05) is 20.6 Å². The maximum absolute atomic E-state index is 12.6. The summed E-state index contributed by atoms with van der Waals surface area (Å²) in [5.74, 6) is -1.70. The number of imide groups is 1. The Kier molecular flexibility index (Phi) is 6.20. The standard InChI is InChI=1S/C19H25N3O5/c1-5-19(6-2)17(25)22(18(26)20-19)12-14(23)27-15(16(24)21(3)4)13-10-8-7-9-11-13/h7-11,15H,5-6,12H2,1-4H3,(H,20,26)/t15-/m1/s1. The number of carbonyl (C=O) groups excluding carboxylic acids is 4. The lowest BCUT2D eigenvalue weighted by atomic mass is 9.93. The van der Waals surface area contributed by atoms with Crippen molar-refractivity contribution in [2.24, 2.45) is 0 Å². The number of urea groups is 1. The molecule has 4 amide bonds. The molecule has 1 aromatic carbocycles. The first-order chi connectivity index (χ1) is 12.8. The highest BCUT2D eigenvalue weighted by molar-refractivity contribution is 6.08. The second kappa shape index (κ2) is 8.20. The van der Waals surface area contributed by atoms with E-state index in [0.29, 0.717) is 18.4 Å². The summed E-state index contributed by atoms with van der Waals surface area (Å²) < 4.78 is 5.35. The van der Waals surface area contributed by atoms with Crippen LogP contribution in [0.15, 0.2) is 30.3 Å². The van der Waals surface area contributed by atoms with E-state index in [-0.39, 0.29) is 0 Å². The molecule has 0 radical (unpaired) electrons. The van der Waals surface area contributed by atoms with Crippen molar-refractivity contribution in [1.82, 2.24) is 15.1 Å². The summed E-state index contributed by atoms with van der Waals surface area (Å²) in [6.07, 6.45) is -0.298. The highest BCUT2D eigenvalue weighted by Gasteiger charge is 2.49. The van der Waals surface area contributed by atoms with Gasteiger partial charge < -0.3 is 15.0 Å². The van der Waals surface area contributed by atoms with Crippen LogP contribution in [0.5, 0.6) is 0 Å². The summed E-state index contributed by atoms with van der Waals surface area (Å²) >= 11 is 0. The maximum Gasteiger partial charge on any atom is 0.327 e. The molecule has 1 N–H and O–H groups in total. The third-order valence-corrected chi connectivity index (χ3v) is 4.76. The predicted octanol–water partition coefficient (Wildman–Crippen LogP) is 1.47. The molecule has 1 atom stereocenters. The minimum atomic E-state index is -1.14. The van der Waals surface area contributed by atoms with Crippen LogP contribution < -0.4 is 5.32 Å². The molecule has 0 bridgehead atoms. The zero-order valence-corrected chi connectivity index (χ0v) is 16.0. The van der Waals surface area contributed by atoms with E-state index in [1.807, 2.05) is 0 Å². The average Bonchev–Trinajstić information content (AvgIpc) is 2.90. The van der Waals surface area contributed by atoms with Crippen molar-refractivity contribution in [2.45, 2.75) is 38.3 Å². The van der Waals surface area contributed by atoms with E-state index in [2.05, 4.69) is 5.32 Å². The number of nitrogens with zero attached hydrogens (tertiary/aromatic N) is 2. The Morgan fingerprint density at radius 1 is 1.15 bits per heavy atom. The van der Waals surface area contributed by atoms with Crippen LogP contribution >= 0.6 is 0 Å². The van der Waals surface area contributed by atoms with Crippen molar-refractivity contribution < 1.29 is 23.9 Å². The molecular weight excluding hydrogens is 350 g/mol. The van der Waals surface area contributed by atoms with Crippen molar-refractivity contribution in [3.63, 3.8) is 0 Å². The number of ether oxygens (including phenoxy) is 1. The number of carbonyl (C=O) groups is 4. The summed E-state index contributed by atoms with van der Waals surface area (Å²) in [5.41, 5.74) is -0.478. The normalized spacial score (nSPS) is 16.7. The highest BCUT2D eigenvalue weighted by Crippen LogP contribution is 2.25. The van der Waals surface area contributed by atoms with E-state index >= 15 is 0 Å². The first-order valence-electron chi connectivity index (χ1n) is 8.85. The van der Waals surface area contributed by atoms with Crippen molar-refractivity contribution in [1.29, 1.82) is 0 Å². The van der Waals surface area contributed by atoms with Crippen LogP contribution in [0.3, 0.4) is 0 Å². The Morgan fingerprint density at radius 3 is 2.22 bits per heavy atom. The monoisotopic (exact) mass is 375 g/mol. The smallest absolute Gasteiger partial charge is 0.327 e. The Bertz CT molecular complexity index is 728. The van der Waals surface area contributed by atoms with Crippen molar-refractivity contribution in [3.8, 4) is 0 Å². The Balaban J connectivity index is 2.16. The van der Waals surface area contributed by atoms with E-state index in [9.17, 15) is 19.2 Å². The Labute approximate surface area is 158 Å². The largest absolute Gasteiger partial charge is 0.446 e. The molecular formula is C19H25N3O5. The van der Waals surface area contributed by atoms with Gasteiger partial charge in [0, 0.05) is 19.7 Å². The van der Waals surface area contributed by atoms with Gasteiger partial charge in [-0.3, -0.25) is 19.3 Å². The number of amides is 4. The van der Waals surface area contributed by atoms with Crippen LogP contribution in [-0.2, 0) is 19.1 Å². The highest BCUT2D eigenvalue weighted by atomic mass is 16.5. The van der Waals surface area contributed by atoms with E-state index in [4.69, 9.17) is 4.74 Å². The third-order valence-electron chi connectivity index (χ3n) is 4.76. The van der Waals surface area contributed by atoms with Gasteiger partial charge in [-0.15, -0.1) is 0 Å². The van der Waals surface area contributed by atoms with Gasteiger partial charge >= 0.3 is 12.0 Å². The molecule has 8 heteroatoms. The van der Waals surface area contributed by atoms with Gasteiger partial charge in [0.25, 0.3) is 11.8 Å². The van der Waals surface area contributed by atoms with E-state index in [1.54, 1.807) is 58.3 Å². The lowest BCUT2D eigenvalue weighted by molar-refractivity contribution is -0.161. The van der Waals surface area contributed by atoms with Crippen LogP contribution in [0.2, 0.25) is 0 Å². The summed E-state index contributed by atoms with van der Waals surface area (Å²) in [6, 6.07) is 7.96. The lowest BCUT2D eigenvalue weighted by Gasteiger charge is -2.24. The Morgan fingerprint density at radius 2 is 1.74 bits per heavy atom. The topological polar surface area (TPSA) is 96.0 Å². The molecule has 2 rings (SSSR count). The molecule has 0 unspecified atom stereocenters. The molecule has 1 fully saturated rings. The van der Waals surface area contributed by atoms with Gasteiger partial charge in [-0.25, -0.2) is 4.79 Å². The van der Waals surface area contributed by atoms with E-state index < -0.39 is 42.0 Å². The second-order valence-corrected chi connectivity index (χ2v) is 6.62. The van der Waals surface area contributed by atoms with Crippen LogP contribution in [0.1, 0.15) is 38.4 Å². The molecule has 0 aromatic heterocycles. The molecule has 1 saturated heterocycles. The molecule has 0 spiro atoms.